The molecule has 1 aromatic carbocycles. The van der Waals surface area contributed by atoms with Crippen molar-refractivity contribution in [2.24, 2.45) is 5.92 Å². The zero-order valence-electron chi connectivity index (χ0n) is 15.6. The molecule has 1 N–H and O–H groups in total. The van der Waals surface area contributed by atoms with Crippen molar-refractivity contribution in [3.05, 3.63) is 42.0 Å². The molecule has 1 atom stereocenters. The Hall–Kier alpha value is -2.15. The van der Waals surface area contributed by atoms with Gasteiger partial charge in [0.25, 0.3) is 0 Å². The summed E-state index contributed by atoms with van der Waals surface area (Å²) in [6.07, 6.45) is 5.02. The van der Waals surface area contributed by atoms with Crippen molar-refractivity contribution >= 4 is 27.7 Å². The lowest BCUT2D eigenvalue weighted by atomic mass is 9.93. The number of hydrogen-bond donors (Lipinski definition) is 1. The van der Waals surface area contributed by atoms with Gasteiger partial charge in [-0.3, -0.25) is 9.59 Å². The van der Waals surface area contributed by atoms with Crippen LogP contribution in [-0.2, 0) is 19.4 Å². The first-order chi connectivity index (χ1) is 12.8. The van der Waals surface area contributed by atoms with E-state index < -0.39 is 15.4 Å². The van der Waals surface area contributed by atoms with Crippen LogP contribution in [0.1, 0.15) is 31.7 Å². The lowest BCUT2D eigenvalue weighted by Gasteiger charge is -2.33. The minimum atomic E-state index is -3.05. The second kappa shape index (κ2) is 7.84. The monoisotopic (exact) mass is 390 g/mol. The van der Waals surface area contributed by atoms with Crippen LogP contribution in [0.25, 0.3) is 6.08 Å². The predicted molar refractivity (Wildman–Crippen MR) is 105 cm³/mol. The van der Waals surface area contributed by atoms with Crippen LogP contribution in [0.5, 0.6) is 0 Å². The molecule has 0 saturated carbocycles. The Balaban J connectivity index is 1.49. The van der Waals surface area contributed by atoms with Gasteiger partial charge >= 0.3 is 0 Å². The summed E-state index contributed by atoms with van der Waals surface area (Å²) in [5, 5.41) is 2.94. The van der Waals surface area contributed by atoms with E-state index in [1.807, 2.05) is 30.3 Å². The molecule has 6 nitrogen and oxygen atoms in total. The topological polar surface area (TPSA) is 83.6 Å². The fourth-order valence-corrected chi connectivity index (χ4v) is 5.80. The highest BCUT2D eigenvalue weighted by molar-refractivity contribution is 7.91. The van der Waals surface area contributed by atoms with Crippen molar-refractivity contribution in [3.63, 3.8) is 0 Å². The van der Waals surface area contributed by atoms with Gasteiger partial charge in [0.2, 0.25) is 11.8 Å². The SMILES string of the molecule is CC1(NC(=O)C2CCN(C(=O)C=Cc3ccccc3)CC2)CCS(=O)(=O)C1. The van der Waals surface area contributed by atoms with E-state index in [1.54, 1.807) is 24.0 Å². The average molecular weight is 391 g/mol. The summed E-state index contributed by atoms with van der Waals surface area (Å²) < 4.78 is 23.4. The molecule has 2 aliphatic rings. The quantitative estimate of drug-likeness (QED) is 0.792. The first-order valence-corrected chi connectivity index (χ1v) is 11.1. The molecule has 0 aromatic heterocycles. The van der Waals surface area contributed by atoms with Crippen LogP contribution in [-0.4, -0.2) is 55.3 Å². The summed E-state index contributed by atoms with van der Waals surface area (Å²) in [5.74, 6) is -0.182. The van der Waals surface area contributed by atoms with Crippen molar-refractivity contribution in [1.29, 1.82) is 0 Å². The van der Waals surface area contributed by atoms with Gasteiger partial charge in [-0.1, -0.05) is 30.3 Å². The maximum Gasteiger partial charge on any atom is 0.246 e. The van der Waals surface area contributed by atoms with Crippen LogP contribution >= 0.6 is 0 Å². The van der Waals surface area contributed by atoms with E-state index in [4.69, 9.17) is 0 Å². The number of likely N-dealkylation sites (tertiary alicyclic amines) is 1. The smallest absolute Gasteiger partial charge is 0.246 e. The third kappa shape index (κ3) is 5.19. The normalized spacial score (nSPS) is 25.6. The van der Waals surface area contributed by atoms with Crippen LogP contribution in [0.2, 0.25) is 0 Å². The summed E-state index contributed by atoms with van der Waals surface area (Å²) in [7, 11) is -3.05. The highest BCUT2D eigenvalue weighted by Gasteiger charge is 2.40. The summed E-state index contributed by atoms with van der Waals surface area (Å²) in [6, 6.07) is 9.64. The maximum absolute atomic E-state index is 12.5. The lowest BCUT2D eigenvalue weighted by Crippen LogP contribution is -2.51. The molecule has 2 amide bonds. The van der Waals surface area contributed by atoms with Crippen molar-refractivity contribution < 1.29 is 18.0 Å². The number of carbonyl (C=O) groups is 2. The lowest BCUT2D eigenvalue weighted by molar-refractivity contribution is -0.132. The third-order valence-corrected chi connectivity index (χ3v) is 7.23. The van der Waals surface area contributed by atoms with E-state index in [9.17, 15) is 18.0 Å². The first-order valence-electron chi connectivity index (χ1n) is 9.31. The Labute approximate surface area is 160 Å². The summed E-state index contributed by atoms with van der Waals surface area (Å²) >= 11 is 0. The van der Waals surface area contributed by atoms with Crippen LogP contribution in [0.15, 0.2) is 36.4 Å². The number of rotatable bonds is 4. The van der Waals surface area contributed by atoms with E-state index in [1.165, 1.54) is 0 Å². The molecule has 1 unspecified atom stereocenters. The van der Waals surface area contributed by atoms with Gasteiger partial charge in [-0.2, -0.15) is 0 Å². The largest absolute Gasteiger partial charge is 0.350 e. The van der Waals surface area contributed by atoms with Gasteiger partial charge < -0.3 is 10.2 Å². The molecule has 2 aliphatic heterocycles. The summed E-state index contributed by atoms with van der Waals surface area (Å²) in [4.78, 5) is 26.6. The molecule has 27 heavy (non-hydrogen) atoms. The van der Waals surface area contributed by atoms with Gasteiger partial charge in [0.15, 0.2) is 9.84 Å². The number of nitrogens with zero attached hydrogens (tertiary/aromatic N) is 1. The number of carbonyl (C=O) groups excluding carboxylic acids is 2. The fourth-order valence-electron chi connectivity index (χ4n) is 3.71. The second-order valence-electron chi connectivity index (χ2n) is 7.74. The van der Waals surface area contributed by atoms with Crippen molar-refractivity contribution in [2.75, 3.05) is 24.6 Å². The molecule has 0 spiro atoms. The zero-order chi connectivity index (χ0) is 19.5. The maximum atomic E-state index is 12.5. The molecule has 1 aromatic rings. The number of sulfone groups is 1. The van der Waals surface area contributed by atoms with E-state index in [2.05, 4.69) is 5.32 Å². The van der Waals surface area contributed by atoms with E-state index >= 15 is 0 Å². The van der Waals surface area contributed by atoms with Crippen LogP contribution in [0.3, 0.4) is 0 Å². The molecule has 3 rings (SSSR count). The highest BCUT2D eigenvalue weighted by atomic mass is 32.2. The summed E-state index contributed by atoms with van der Waals surface area (Å²) in [6.45, 7) is 2.86. The van der Waals surface area contributed by atoms with Gasteiger partial charge in [0.05, 0.1) is 17.0 Å². The number of nitrogens with one attached hydrogen (secondary N) is 1. The molecule has 2 fully saturated rings. The minimum Gasteiger partial charge on any atom is -0.350 e. The standard InChI is InChI=1S/C20H26N2O4S/c1-20(11-14-27(25,26)15-20)21-19(24)17-9-12-22(13-10-17)18(23)8-7-16-5-3-2-4-6-16/h2-8,17H,9-15H2,1H3,(H,21,24). The molecule has 0 bridgehead atoms. The Morgan fingerprint density at radius 3 is 2.44 bits per heavy atom. The molecule has 2 heterocycles. The predicted octanol–water partition coefficient (Wildman–Crippen LogP) is 1.63. The van der Waals surface area contributed by atoms with Crippen molar-refractivity contribution in [3.8, 4) is 0 Å². The molecule has 2 saturated heterocycles. The number of piperidine rings is 1. The van der Waals surface area contributed by atoms with Crippen molar-refractivity contribution in [2.45, 2.75) is 31.7 Å². The molecular formula is C20H26N2O4S. The van der Waals surface area contributed by atoms with Crippen LogP contribution in [0.4, 0.5) is 0 Å². The Bertz CT molecular complexity index is 827. The van der Waals surface area contributed by atoms with Gasteiger partial charge in [-0.25, -0.2) is 8.42 Å². The van der Waals surface area contributed by atoms with Gasteiger partial charge in [-0.15, -0.1) is 0 Å². The molecule has 0 aliphatic carbocycles. The van der Waals surface area contributed by atoms with Gasteiger partial charge in [0.1, 0.15) is 0 Å². The van der Waals surface area contributed by atoms with Crippen LogP contribution in [0, 0.1) is 5.92 Å². The van der Waals surface area contributed by atoms with E-state index in [0.29, 0.717) is 32.4 Å². The molecule has 146 valence electrons. The van der Waals surface area contributed by atoms with E-state index in [0.717, 1.165) is 5.56 Å². The number of benzene rings is 1. The van der Waals surface area contributed by atoms with Crippen LogP contribution < -0.4 is 5.32 Å². The van der Waals surface area contributed by atoms with Gasteiger partial charge in [-0.05, 0) is 37.8 Å². The zero-order valence-corrected chi connectivity index (χ0v) is 16.4. The second-order valence-corrected chi connectivity index (χ2v) is 9.92. The molecule has 7 heteroatoms. The Morgan fingerprint density at radius 2 is 1.85 bits per heavy atom. The van der Waals surface area contributed by atoms with Gasteiger partial charge in [0, 0.05) is 25.1 Å². The molecular weight excluding hydrogens is 364 g/mol. The van der Waals surface area contributed by atoms with Crippen molar-refractivity contribution in [1.82, 2.24) is 10.2 Å². The average Bonchev–Trinajstić information content (AvgIpc) is 2.93. The minimum absolute atomic E-state index is 0.00729. The summed E-state index contributed by atoms with van der Waals surface area (Å²) in [5.41, 5.74) is 0.307. The third-order valence-electron chi connectivity index (χ3n) is 5.32. The number of hydrogen-bond acceptors (Lipinski definition) is 4. The number of amides is 2. The molecule has 0 radical (unpaired) electrons. The highest BCUT2D eigenvalue weighted by Crippen LogP contribution is 2.25. The van der Waals surface area contributed by atoms with E-state index in [-0.39, 0.29) is 29.2 Å². The Kier molecular flexibility index (Phi) is 5.69. The Morgan fingerprint density at radius 1 is 1.19 bits per heavy atom. The fraction of sp³-hybridized carbons (Fsp3) is 0.500. The first kappa shape index (κ1) is 19.6.